The number of sulfonamides is 1. The van der Waals surface area contributed by atoms with Crippen molar-refractivity contribution in [2.75, 3.05) is 13.6 Å². The standard InChI is InChI=1S/C26H35Cl2N3O4S/c1-5-19(3)29-26(33)24(6-2)31(18-21-22(27)14-10-15-23(21)28)25(32)16-11-17-30(4)36(34,35)20-12-8-7-9-13-20/h7-10,12-15,19,24H,5-6,11,16-18H2,1-4H3,(H,29,33)/t19-,24+/m1/s1. The molecular weight excluding hydrogens is 521 g/mol. The summed E-state index contributed by atoms with van der Waals surface area (Å²) in [6.45, 7) is 5.94. The Kier molecular flexibility index (Phi) is 11.7. The molecule has 0 radical (unpaired) electrons. The normalized spacial score (nSPS) is 13.3. The fraction of sp³-hybridized carbons (Fsp3) is 0.462. The van der Waals surface area contributed by atoms with Gasteiger partial charge >= 0.3 is 0 Å². The summed E-state index contributed by atoms with van der Waals surface area (Å²) < 4.78 is 26.8. The highest BCUT2D eigenvalue weighted by Crippen LogP contribution is 2.27. The Morgan fingerprint density at radius 2 is 1.58 bits per heavy atom. The Labute approximate surface area is 224 Å². The van der Waals surface area contributed by atoms with Crippen LogP contribution in [-0.2, 0) is 26.2 Å². The number of hydrogen-bond acceptors (Lipinski definition) is 4. The smallest absolute Gasteiger partial charge is 0.243 e. The molecular formula is C26H35Cl2N3O4S. The summed E-state index contributed by atoms with van der Waals surface area (Å²) in [5, 5.41) is 3.77. The second-order valence-electron chi connectivity index (χ2n) is 8.71. The number of carbonyl (C=O) groups is 2. The minimum Gasteiger partial charge on any atom is -0.352 e. The van der Waals surface area contributed by atoms with Crippen LogP contribution < -0.4 is 5.32 Å². The van der Waals surface area contributed by atoms with E-state index in [4.69, 9.17) is 23.2 Å². The van der Waals surface area contributed by atoms with Gasteiger partial charge < -0.3 is 10.2 Å². The number of nitrogens with zero attached hydrogens (tertiary/aromatic N) is 2. The third-order valence-electron chi connectivity index (χ3n) is 6.09. The van der Waals surface area contributed by atoms with Crippen LogP contribution >= 0.6 is 23.2 Å². The van der Waals surface area contributed by atoms with Gasteiger partial charge in [0.15, 0.2) is 0 Å². The second kappa shape index (κ2) is 14.0. The lowest BCUT2D eigenvalue weighted by molar-refractivity contribution is -0.141. The maximum absolute atomic E-state index is 13.4. The average Bonchev–Trinajstić information content (AvgIpc) is 2.85. The van der Waals surface area contributed by atoms with Gasteiger partial charge in [0.2, 0.25) is 21.8 Å². The zero-order valence-corrected chi connectivity index (χ0v) is 23.5. The first-order valence-corrected chi connectivity index (χ1v) is 14.3. The Morgan fingerprint density at radius 1 is 0.972 bits per heavy atom. The van der Waals surface area contributed by atoms with Crippen LogP contribution in [0.1, 0.15) is 52.0 Å². The molecule has 0 aliphatic heterocycles. The molecule has 0 spiro atoms. The fourth-order valence-corrected chi connectivity index (χ4v) is 5.45. The van der Waals surface area contributed by atoms with E-state index in [0.29, 0.717) is 22.0 Å². The maximum Gasteiger partial charge on any atom is 0.243 e. The van der Waals surface area contributed by atoms with Crippen molar-refractivity contribution in [3.8, 4) is 0 Å². The minimum absolute atomic E-state index is 0.0377. The van der Waals surface area contributed by atoms with Crippen LogP contribution in [0.25, 0.3) is 0 Å². The molecule has 2 aromatic rings. The second-order valence-corrected chi connectivity index (χ2v) is 11.6. The summed E-state index contributed by atoms with van der Waals surface area (Å²) in [6, 6.07) is 12.5. The van der Waals surface area contributed by atoms with Gasteiger partial charge in [0.05, 0.1) is 4.90 Å². The molecule has 2 rings (SSSR count). The van der Waals surface area contributed by atoms with Gasteiger partial charge in [-0.3, -0.25) is 9.59 Å². The molecule has 0 saturated heterocycles. The number of benzene rings is 2. The zero-order valence-electron chi connectivity index (χ0n) is 21.2. The minimum atomic E-state index is -3.66. The van der Waals surface area contributed by atoms with Gasteiger partial charge in [-0.05, 0) is 50.5 Å². The number of carbonyl (C=O) groups excluding carboxylic acids is 2. The van der Waals surface area contributed by atoms with Gasteiger partial charge in [-0.15, -0.1) is 0 Å². The molecule has 10 heteroatoms. The van der Waals surface area contributed by atoms with Crippen molar-refractivity contribution >= 4 is 45.0 Å². The van der Waals surface area contributed by atoms with Crippen molar-refractivity contribution in [2.24, 2.45) is 0 Å². The molecule has 36 heavy (non-hydrogen) atoms. The predicted octanol–water partition coefficient (Wildman–Crippen LogP) is 5.12. The van der Waals surface area contributed by atoms with Gasteiger partial charge in [0.25, 0.3) is 0 Å². The topological polar surface area (TPSA) is 86.8 Å². The van der Waals surface area contributed by atoms with Crippen molar-refractivity contribution < 1.29 is 18.0 Å². The van der Waals surface area contributed by atoms with E-state index in [1.807, 2.05) is 20.8 Å². The van der Waals surface area contributed by atoms with Crippen LogP contribution in [0.5, 0.6) is 0 Å². The van der Waals surface area contributed by atoms with Crippen molar-refractivity contribution in [1.29, 1.82) is 0 Å². The molecule has 0 aromatic heterocycles. The Hall–Kier alpha value is -2.13. The molecule has 0 unspecified atom stereocenters. The Morgan fingerprint density at radius 3 is 2.14 bits per heavy atom. The van der Waals surface area contributed by atoms with Gasteiger partial charge in [-0.25, -0.2) is 12.7 Å². The van der Waals surface area contributed by atoms with Gasteiger partial charge in [-0.2, -0.15) is 0 Å². The van der Waals surface area contributed by atoms with E-state index >= 15 is 0 Å². The van der Waals surface area contributed by atoms with E-state index in [9.17, 15) is 18.0 Å². The van der Waals surface area contributed by atoms with Crippen LogP contribution in [0.15, 0.2) is 53.4 Å². The molecule has 1 N–H and O–H groups in total. The number of halogens is 2. The van der Waals surface area contributed by atoms with Crippen molar-refractivity contribution in [3.05, 3.63) is 64.1 Å². The lowest BCUT2D eigenvalue weighted by Crippen LogP contribution is -2.50. The number of rotatable bonds is 13. The lowest BCUT2D eigenvalue weighted by atomic mass is 10.1. The SMILES string of the molecule is CC[C@@H](C)NC(=O)[C@H](CC)N(Cc1c(Cl)cccc1Cl)C(=O)CCCN(C)S(=O)(=O)c1ccccc1. The molecule has 0 aliphatic rings. The molecule has 0 aliphatic carbocycles. The number of amides is 2. The summed E-state index contributed by atoms with van der Waals surface area (Å²) in [6.07, 6.45) is 1.51. The third-order valence-corrected chi connectivity index (χ3v) is 8.67. The molecule has 0 bridgehead atoms. The predicted molar refractivity (Wildman–Crippen MR) is 144 cm³/mol. The van der Waals surface area contributed by atoms with Gasteiger partial charge in [0.1, 0.15) is 6.04 Å². The van der Waals surface area contributed by atoms with E-state index in [-0.39, 0.29) is 48.7 Å². The first-order valence-electron chi connectivity index (χ1n) is 12.1. The molecule has 198 valence electrons. The highest BCUT2D eigenvalue weighted by atomic mass is 35.5. The summed E-state index contributed by atoms with van der Waals surface area (Å²) in [7, 11) is -2.17. The molecule has 2 aromatic carbocycles. The molecule has 0 saturated carbocycles. The summed E-state index contributed by atoms with van der Waals surface area (Å²) in [4.78, 5) is 28.2. The number of nitrogens with one attached hydrogen (secondary N) is 1. The van der Waals surface area contributed by atoms with E-state index in [2.05, 4.69) is 5.32 Å². The van der Waals surface area contributed by atoms with Gasteiger partial charge in [0, 0.05) is 48.2 Å². The lowest BCUT2D eigenvalue weighted by Gasteiger charge is -2.32. The Balaban J connectivity index is 2.20. The molecule has 2 atom stereocenters. The van der Waals surface area contributed by atoms with E-state index in [1.54, 1.807) is 36.4 Å². The molecule has 0 fully saturated rings. The first-order chi connectivity index (χ1) is 17.0. The summed E-state index contributed by atoms with van der Waals surface area (Å²) in [5.41, 5.74) is 0.563. The van der Waals surface area contributed by atoms with Crippen molar-refractivity contribution in [3.63, 3.8) is 0 Å². The van der Waals surface area contributed by atoms with Crippen LogP contribution in [-0.4, -0.2) is 55.1 Å². The van der Waals surface area contributed by atoms with Crippen LogP contribution in [0.3, 0.4) is 0 Å². The largest absolute Gasteiger partial charge is 0.352 e. The van der Waals surface area contributed by atoms with Crippen LogP contribution in [0.4, 0.5) is 0 Å². The summed E-state index contributed by atoms with van der Waals surface area (Å²) >= 11 is 12.7. The first kappa shape index (κ1) is 30.1. The maximum atomic E-state index is 13.4. The third kappa shape index (κ3) is 7.93. The highest BCUT2D eigenvalue weighted by Gasteiger charge is 2.30. The molecule has 0 heterocycles. The van der Waals surface area contributed by atoms with E-state index < -0.39 is 16.1 Å². The highest BCUT2D eigenvalue weighted by molar-refractivity contribution is 7.89. The van der Waals surface area contributed by atoms with Gasteiger partial charge in [-0.1, -0.05) is 61.3 Å². The van der Waals surface area contributed by atoms with E-state index in [1.165, 1.54) is 28.4 Å². The van der Waals surface area contributed by atoms with Crippen molar-refractivity contribution in [1.82, 2.24) is 14.5 Å². The van der Waals surface area contributed by atoms with Crippen molar-refractivity contribution in [2.45, 2.75) is 70.0 Å². The quantitative estimate of drug-likeness (QED) is 0.371. The van der Waals surface area contributed by atoms with Crippen LogP contribution in [0.2, 0.25) is 10.0 Å². The molecule has 2 amide bonds. The Bertz CT molecular complexity index is 1110. The molecule has 7 nitrogen and oxygen atoms in total. The monoisotopic (exact) mass is 555 g/mol. The van der Waals surface area contributed by atoms with Crippen LogP contribution in [0, 0.1) is 0 Å². The summed E-state index contributed by atoms with van der Waals surface area (Å²) in [5.74, 6) is -0.519. The average molecular weight is 557 g/mol. The van der Waals surface area contributed by atoms with E-state index in [0.717, 1.165) is 6.42 Å². The number of hydrogen-bond donors (Lipinski definition) is 1. The fourth-order valence-electron chi connectivity index (χ4n) is 3.70. The zero-order chi connectivity index (χ0) is 26.9.